The van der Waals surface area contributed by atoms with Crippen LogP contribution < -0.4 is 5.32 Å². The molecule has 2 bridgehead atoms. The van der Waals surface area contributed by atoms with E-state index in [1.807, 2.05) is 31.3 Å². The van der Waals surface area contributed by atoms with Crippen LogP contribution in [-0.4, -0.2) is 50.1 Å². The molecule has 2 aliphatic heterocycles. The molecule has 0 radical (unpaired) electrons. The third-order valence-corrected chi connectivity index (χ3v) is 5.30. The van der Waals surface area contributed by atoms with Crippen molar-refractivity contribution in [3.05, 3.63) is 30.1 Å². The molecule has 1 N–H and O–H groups in total. The summed E-state index contributed by atoms with van der Waals surface area (Å²) in [6.45, 7) is 1.97. The van der Waals surface area contributed by atoms with Crippen LogP contribution >= 0.6 is 0 Å². The summed E-state index contributed by atoms with van der Waals surface area (Å²) >= 11 is 0. The first-order valence-electron chi connectivity index (χ1n) is 8.54. The summed E-state index contributed by atoms with van der Waals surface area (Å²) < 4.78 is 1.76. The quantitative estimate of drug-likeness (QED) is 0.943. The maximum Gasteiger partial charge on any atom is 0.175 e. The van der Waals surface area contributed by atoms with Crippen LogP contribution in [0.2, 0.25) is 0 Å². The molecule has 2 saturated heterocycles. The summed E-state index contributed by atoms with van der Waals surface area (Å²) in [5.74, 6) is 1.62. The molecule has 6 heteroatoms. The minimum Gasteiger partial charge on any atom is -0.366 e. The van der Waals surface area contributed by atoms with Crippen molar-refractivity contribution in [3.8, 4) is 5.82 Å². The Morgan fingerprint density at radius 1 is 1.09 bits per heavy atom. The van der Waals surface area contributed by atoms with Gasteiger partial charge in [-0.05, 0) is 57.9 Å². The van der Waals surface area contributed by atoms with Gasteiger partial charge in [-0.2, -0.15) is 5.10 Å². The Hall–Kier alpha value is -1.95. The van der Waals surface area contributed by atoms with Crippen molar-refractivity contribution >= 4 is 5.82 Å². The summed E-state index contributed by atoms with van der Waals surface area (Å²) in [7, 11) is 2.28. The highest BCUT2D eigenvalue weighted by Gasteiger charge is 2.35. The van der Waals surface area contributed by atoms with Gasteiger partial charge in [0.05, 0.1) is 5.69 Å². The molecule has 0 saturated carbocycles. The van der Waals surface area contributed by atoms with Crippen molar-refractivity contribution in [3.63, 3.8) is 0 Å². The molecule has 2 aromatic heterocycles. The fourth-order valence-corrected chi connectivity index (χ4v) is 4.01. The van der Waals surface area contributed by atoms with E-state index in [1.165, 1.54) is 32.1 Å². The zero-order chi connectivity index (χ0) is 15.8. The van der Waals surface area contributed by atoms with Gasteiger partial charge in [0.15, 0.2) is 5.82 Å². The van der Waals surface area contributed by atoms with Crippen LogP contribution in [0.15, 0.2) is 24.4 Å². The van der Waals surface area contributed by atoms with Crippen LogP contribution in [0.1, 0.15) is 37.8 Å². The molecule has 2 fully saturated rings. The molecule has 2 atom stereocenters. The predicted molar refractivity (Wildman–Crippen MR) is 89.7 cm³/mol. The number of hydrogen-bond donors (Lipinski definition) is 1. The number of aryl methyl sites for hydroxylation is 1. The maximum atomic E-state index is 4.36. The largest absolute Gasteiger partial charge is 0.366 e. The van der Waals surface area contributed by atoms with E-state index in [0.717, 1.165) is 29.4 Å². The molecule has 122 valence electrons. The van der Waals surface area contributed by atoms with Crippen LogP contribution in [0.5, 0.6) is 0 Å². The molecule has 4 heterocycles. The lowest BCUT2D eigenvalue weighted by molar-refractivity contribution is 0.0607. The predicted octanol–water partition coefficient (Wildman–Crippen LogP) is 2.40. The van der Waals surface area contributed by atoms with Gasteiger partial charge in [-0.15, -0.1) is 10.2 Å². The minimum atomic E-state index is 0.508. The zero-order valence-corrected chi connectivity index (χ0v) is 13.8. The zero-order valence-electron chi connectivity index (χ0n) is 13.8. The Bertz CT molecular complexity index is 650. The van der Waals surface area contributed by atoms with E-state index in [1.54, 1.807) is 4.68 Å². The standard InChI is InChI=1S/C17H24N6/c1-12-8-9-23(21-12)17-7-6-16(19-20-17)18-13-10-14-4-3-5-15(11-13)22(14)2/h6-9,13-15H,3-5,10-11H2,1-2H3,(H,18,19). The molecular formula is C17H24N6. The number of nitrogens with zero attached hydrogens (tertiary/aromatic N) is 5. The Kier molecular flexibility index (Phi) is 3.77. The summed E-state index contributed by atoms with van der Waals surface area (Å²) in [5.41, 5.74) is 0.979. The van der Waals surface area contributed by atoms with Crippen LogP contribution in [0.25, 0.3) is 5.82 Å². The number of hydrogen-bond acceptors (Lipinski definition) is 5. The number of aromatic nitrogens is 4. The molecule has 2 aromatic rings. The Morgan fingerprint density at radius 3 is 2.48 bits per heavy atom. The first-order chi connectivity index (χ1) is 11.2. The van der Waals surface area contributed by atoms with E-state index in [4.69, 9.17) is 0 Å². The minimum absolute atomic E-state index is 0.508. The Balaban J connectivity index is 1.43. The molecule has 2 aliphatic rings. The van der Waals surface area contributed by atoms with Crippen molar-refractivity contribution in [1.29, 1.82) is 0 Å². The van der Waals surface area contributed by atoms with E-state index in [0.29, 0.717) is 6.04 Å². The number of anilines is 1. The second-order valence-corrected chi connectivity index (χ2v) is 6.90. The van der Waals surface area contributed by atoms with Crippen molar-refractivity contribution in [1.82, 2.24) is 24.9 Å². The normalized spacial score (nSPS) is 27.8. The van der Waals surface area contributed by atoms with Gasteiger partial charge in [-0.25, -0.2) is 4.68 Å². The van der Waals surface area contributed by atoms with E-state index in [-0.39, 0.29) is 0 Å². The first-order valence-corrected chi connectivity index (χ1v) is 8.54. The lowest BCUT2D eigenvalue weighted by Gasteiger charge is -2.47. The summed E-state index contributed by atoms with van der Waals surface area (Å²) in [4.78, 5) is 2.58. The van der Waals surface area contributed by atoms with Gasteiger partial charge in [0.1, 0.15) is 5.82 Å². The highest BCUT2D eigenvalue weighted by molar-refractivity contribution is 5.37. The third kappa shape index (κ3) is 2.95. The van der Waals surface area contributed by atoms with Gasteiger partial charge in [-0.3, -0.25) is 0 Å². The van der Waals surface area contributed by atoms with Crippen molar-refractivity contribution in [2.45, 2.75) is 57.2 Å². The van der Waals surface area contributed by atoms with Crippen LogP contribution in [0.3, 0.4) is 0 Å². The highest BCUT2D eigenvalue weighted by Crippen LogP contribution is 2.33. The molecule has 0 spiro atoms. The van der Waals surface area contributed by atoms with Crippen LogP contribution in [-0.2, 0) is 0 Å². The SMILES string of the molecule is Cc1ccn(-c2ccc(NC3CC4CCCC(C3)N4C)nn2)n1. The van der Waals surface area contributed by atoms with Crippen LogP contribution in [0.4, 0.5) is 5.82 Å². The van der Waals surface area contributed by atoms with Crippen LogP contribution in [0, 0.1) is 6.92 Å². The number of nitrogens with one attached hydrogen (secondary N) is 1. The van der Waals surface area contributed by atoms with Gasteiger partial charge in [-0.1, -0.05) is 6.42 Å². The fourth-order valence-electron chi connectivity index (χ4n) is 4.01. The molecule has 0 aromatic carbocycles. The molecule has 6 nitrogen and oxygen atoms in total. The average molecular weight is 312 g/mol. The molecule has 0 aliphatic carbocycles. The second-order valence-electron chi connectivity index (χ2n) is 6.90. The lowest BCUT2D eigenvalue weighted by Crippen LogP contribution is -2.52. The summed E-state index contributed by atoms with van der Waals surface area (Å²) in [5, 5.41) is 16.6. The van der Waals surface area contributed by atoms with Crippen molar-refractivity contribution in [2.75, 3.05) is 12.4 Å². The summed E-state index contributed by atoms with van der Waals surface area (Å²) in [6.07, 6.45) is 8.35. The summed E-state index contributed by atoms with van der Waals surface area (Å²) in [6, 6.07) is 7.89. The third-order valence-electron chi connectivity index (χ3n) is 5.30. The Morgan fingerprint density at radius 2 is 1.87 bits per heavy atom. The molecule has 23 heavy (non-hydrogen) atoms. The monoisotopic (exact) mass is 312 g/mol. The first kappa shape index (κ1) is 14.6. The molecule has 0 amide bonds. The van der Waals surface area contributed by atoms with E-state index in [9.17, 15) is 0 Å². The molecular weight excluding hydrogens is 288 g/mol. The number of fused-ring (bicyclic) bond motifs is 2. The van der Waals surface area contributed by atoms with E-state index < -0.39 is 0 Å². The topological polar surface area (TPSA) is 58.9 Å². The van der Waals surface area contributed by atoms with Gasteiger partial charge < -0.3 is 10.2 Å². The van der Waals surface area contributed by atoms with E-state index in [2.05, 4.69) is 32.6 Å². The Labute approximate surface area is 136 Å². The van der Waals surface area contributed by atoms with Gasteiger partial charge >= 0.3 is 0 Å². The van der Waals surface area contributed by atoms with E-state index >= 15 is 0 Å². The fraction of sp³-hybridized carbons (Fsp3) is 0.588. The number of piperidine rings is 2. The average Bonchev–Trinajstić information content (AvgIpc) is 2.96. The van der Waals surface area contributed by atoms with Gasteiger partial charge in [0, 0.05) is 24.3 Å². The maximum absolute atomic E-state index is 4.36. The smallest absolute Gasteiger partial charge is 0.175 e. The highest BCUT2D eigenvalue weighted by atomic mass is 15.3. The lowest BCUT2D eigenvalue weighted by atomic mass is 9.82. The van der Waals surface area contributed by atoms with Gasteiger partial charge in [0.2, 0.25) is 0 Å². The van der Waals surface area contributed by atoms with Crippen molar-refractivity contribution in [2.24, 2.45) is 0 Å². The van der Waals surface area contributed by atoms with Crippen molar-refractivity contribution < 1.29 is 0 Å². The molecule has 4 rings (SSSR count). The van der Waals surface area contributed by atoms with Gasteiger partial charge in [0.25, 0.3) is 0 Å². The molecule has 2 unspecified atom stereocenters. The second kappa shape index (κ2) is 5.92. The number of rotatable bonds is 3.